The standard InChI is InChI=1S/C17H22N2O2S/c1-10-8-12(18)6-7-19(10)17(20)16-11(2)14-9-13(21-3)4-5-15(14)22-16/h4-5,9-10,12H,6-8,18H2,1-3H3/t10-,12-/m0/s1. The van der Waals surface area contributed by atoms with E-state index in [1.165, 1.54) is 0 Å². The number of ether oxygens (including phenoxy) is 1. The molecule has 0 bridgehead atoms. The molecule has 4 nitrogen and oxygen atoms in total. The molecular weight excluding hydrogens is 296 g/mol. The molecular formula is C17H22N2O2S. The lowest BCUT2D eigenvalue weighted by molar-refractivity contribution is 0.0623. The predicted molar refractivity (Wildman–Crippen MR) is 90.8 cm³/mol. The molecule has 118 valence electrons. The van der Waals surface area contributed by atoms with Gasteiger partial charge in [-0.1, -0.05) is 0 Å². The van der Waals surface area contributed by atoms with Gasteiger partial charge in [0.25, 0.3) is 5.91 Å². The van der Waals surface area contributed by atoms with Crippen LogP contribution in [0.2, 0.25) is 0 Å². The van der Waals surface area contributed by atoms with Crippen LogP contribution >= 0.6 is 11.3 Å². The largest absolute Gasteiger partial charge is 0.497 e. The summed E-state index contributed by atoms with van der Waals surface area (Å²) >= 11 is 1.57. The van der Waals surface area contributed by atoms with Crippen LogP contribution in [0.15, 0.2) is 18.2 Å². The monoisotopic (exact) mass is 318 g/mol. The number of hydrogen-bond acceptors (Lipinski definition) is 4. The molecule has 5 heteroatoms. The quantitative estimate of drug-likeness (QED) is 0.925. The highest BCUT2D eigenvalue weighted by Gasteiger charge is 2.29. The van der Waals surface area contributed by atoms with E-state index < -0.39 is 0 Å². The Kier molecular flexibility index (Phi) is 4.10. The minimum atomic E-state index is 0.136. The average molecular weight is 318 g/mol. The Balaban J connectivity index is 1.95. The first kappa shape index (κ1) is 15.3. The molecule has 1 saturated heterocycles. The van der Waals surface area contributed by atoms with Gasteiger partial charge in [-0.3, -0.25) is 4.79 Å². The smallest absolute Gasteiger partial charge is 0.264 e. The Labute approximate surface area is 134 Å². The van der Waals surface area contributed by atoms with Gasteiger partial charge >= 0.3 is 0 Å². The summed E-state index contributed by atoms with van der Waals surface area (Å²) in [5, 5.41) is 1.11. The van der Waals surface area contributed by atoms with Crippen LogP contribution < -0.4 is 10.5 Å². The number of carbonyl (C=O) groups is 1. The number of thiophene rings is 1. The van der Waals surface area contributed by atoms with Crippen molar-refractivity contribution in [1.29, 1.82) is 0 Å². The number of carbonyl (C=O) groups excluding carboxylic acids is 1. The van der Waals surface area contributed by atoms with Gasteiger partial charge in [0.05, 0.1) is 12.0 Å². The van der Waals surface area contributed by atoms with Crippen molar-refractivity contribution in [1.82, 2.24) is 4.90 Å². The summed E-state index contributed by atoms with van der Waals surface area (Å²) in [6, 6.07) is 6.39. The molecule has 2 atom stereocenters. The van der Waals surface area contributed by atoms with Gasteiger partial charge < -0.3 is 15.4 Å². The number of nitrogens with zero attached hydrogens (tertiary/aromatic N) is 1. The molecule has 0 unspecified atom stereocenters. The first-order valence-corrected chi connectivity index (χ1v) is 8.46. The molecule has 2 N–H and O–H groups in total. The molecule has 0 radical (unpaired) electrons. The normalized spacial score (nSPS) is 22.1. The highest BCUT2D eigenvalue weighted by Crippen LogP contribution is 2.35. The third kappa shape index (κ3) is 2.59. The van der Waals surface area contributed by atoms with Crippen molar-refractivity contribution in [3.63, 3.8) is 0 Å². The molecule has 1 aromatic heterocycles. The lowest BCUT2D eigenvalue weighted by Crippen LogP contribution is -2.48. The van der Waals surface area contributed by atoms with E-state index in [-0.39, 0.29) is 18.0 Å². The summed E-state index contributed by atoms with van der Waals surface area (Å²) < 4.78 is 6.42. The number of hydrogen-bond donors (Lipinski definition) is 1. The van der Waals surface area contributed by atoms with Gasteiger partial charge in [0.2, 0.25) is 0 Å². The number of piperidine rings is 1. The van der Waals surface area contributed by atoms with Crippen molar-refractivity contribution >= 4 is 27.3 Å². The van der Waals surface area contributed by atoms with Crippen LogP contribution in [0.5, 0.6) is 5.75 Å². The number of benzene rings is 1. The zero-order valence-electron chi connectivity index (χ0n) is 13.3. The zero-order chi connectivity index (χ0) is 15.9. The van der Waals surface area contributed by atoms with Crippen LogP contribution in [0, 0.1) is 6.92 Å². The maximum atomic E-state index is 12.9. The molecule has 1 aromatic carbocycles. The first-order chi connectivity index (χ1) is 10.5. The Morgan fingerprint density at radius 1 is 1.45 bits per heavy atom. The van der Waals surface area contributed by atoms with Gasteiger partial charge in [-0.05, 0) is 55.8 Å². The average Bonchev–Trinajstić information content (AvgIpc) is 2.83. The maximum absolute atomic E-state index is 12.9. The van der Waals surface area contributed by atoms with Gasteiger partial charge in [-0.2, -0.15) is 0 Å². The molecule has 2 heterocycles. The summed E-state index contributed by atoms with van der Waals surface area (Å²) in [6.45, 7) is 4.85. The second-order valence-corrected chi connectivity index (χ2v) is 7.10. The Morgan fingerprint density at radius 3 is 2.91 bits per heavy atom. The lowest BCUT2D eigenvalue weighted by atomic mass is 9.98. The van der Waals surface area contributed by atoms with E-state index >= 15 is 0 Å². The summed E-state index contributed by atoms with van der Waals surface area (Å²) in [4.78, 5) is 15.7. The molecule has 2 aromatic rings. The number of rotatable bonds is 2. The van der Waals surface area contributed by atoms with Gasteiger partial charge in [-0.15, -0.1) is 11.3 Å². The lowest BCUT2D eigenvalue weighted by Gasteiger charge is -2.36. The minimum absolute atomic E-state index is 0.136. The van der Waals surface area contributed by atoms with E-state index in [1.807, 2.05) is 30.0 Å². The summed E-state index contributed by atoms with van der Waals surface area (Å²) in [5.41, 5.74) is 7.05. The van der Waals surface area contributed by atoms with Crippen molar-refractivity contribution in [2.24, 2.45) is 5.73 Å². The third-order valence-corrected chi connectivity index (χ3v) is 5.78. The number of nitrogens with two attached hydrogens (primary N) is 1. The molecule has 1 fully saturated rings. The molecule has 0 spiro atoms. The fourth-order valence-corrected chi connectivity index (χ4v) is 4.32. The first-order valence-electron chi connectivity index (χ1n) is 7.65. The van der Waals surface area contributed by atoms with Gasteiger partial charge in [-0.25, -0.2) is 0 Å². The fraction of sp³-hybridized carbons (Fsp3) is 0.471. The predicted octanol–water partition coefficient (Wildman–Crippen LogP) is 3.17. The Hall–Kier alpha value is -1.59. The topological polar surface area (TPSA) is 55.6 Å². The summed E-state index contributed by atoms with van der Waals surface area (Å²) in [6.07, 6.45) is 1.76. The highest BCUT2D eigenvalue weighted by atomic mass is 32.1. The number of fused-ring (bicyclic) bond motifs is 1. The molecule has 0 saturated carbocycles. The minimum Gasteiger partial charge on any atom is -0.497 e. The van der Waals surface area contributed by atoms with E-state index in [9.17, 15) is 4.79 Å². The van der Waals surface area contributed by atoms with Crippen molar-refractivity contribution < 1.29 is 9.53 Å². The summed E-state index contributed by atoms with van der Waals surface area (Å²) in [7, 11) is 1.66. The molecule has 22 heavy (non-hydrogen) atoms. The SMILES string of the molecule is COc1ccc2sc(C(=O)N3CC[C@H](N)C[C@@H]3C)c(C)c2c1. The number of methoxy groups -OCH3 is 1. The fourth-order valence-electron chi connectivity index (χ4n) is 3.17. The van der Waals surface area contributed by atoms with Crippen molar-refractivity contribution in [2.75, 3.05) is 13.7 Å². The van der Waals surface area contributed by atoms with Gasteiger partial charge in [0, 0.05) is 23.3 Å². The Morgan fingerprint density at radius 2 is 2.23 bits per heavy atom. The molecule has 1 amide bonds. The summed E-state index contributed by atoms with van der Waals surface area (Å²) in [5.74, 6) is 0.960. The van der Waals surface area contributed by atoms with Gasteiger partial charge in [0.1, 0.15) is 5.75 Å². The van der Waals surface area contributed by atoms with Crippen LogP contribution in [0.1, 0.15) is 35.0 Å². The molecule has 3 rings (SSSR count). The third-order valence-electron chi connectivity index (χ3n) is 4.52. The van der Waals surface area contributed by atoms with E-state index in [2.05, 4.69) is 6.92 Å². The highest BCUT2D eigenvalue weighted by molar-refractivity contribution is 7.21. The zero-order valence-corrected chi connectivity index (χ0v) is 14.1. The van der Waals surface area contributed by atoms with E-state index in [4.69, 9.17) is 10.5 Å². The molecule has 0 aliphatic carbocycles. The number of amides is 1. The molecule has 1 aliphatic heterocycles. The second-order valence-electron chi connectivity index (χ2n) is 6.05. The number of aryl methyl sites for hydroxylation is 1. The van der Waals surface area contributed by atoms with Crippen LogP contribution in [-0.2, 0) is 0 Å². The second kappa shape index (κ2) is 5.89. The van der Waals surface area contributed by atoms with Gasteiger partial charge in [0.15, 0.2) is 0 Å². The van der Waals surface area contributed by atoms with Crippen LogP contribution in [-0.4, -0.2) is 36.5 Å². The van der Waals surface area contributed by atoms with Crippen LogP contribution in [0.3, 0.4) is 0 Å². The van der Waals surface area contributed by atoms with Crippen molar-refractivity contribution in [3.05, 3.63) is 28.6 Å². The van der Waals surface area contributed by atoms with E-state index in [1.54, 1.807) is 18.4 Å². The van der Waals surface area contributed by atoms with Crippen molar-refractivity contribution in [3.8, 4) is 5.75 Å². The van der Waals surface area contributed by atoms with E-state index in [0.717, 1.165) is 45.7 Å². The molecule has 1 aliphatic rings. The maximum Gasteiger partial charge on any atom is 0.264 e. The number of likely N-dealkylation sites (tertiary alicyclic amines) is 1. The Bertz CT molecular complexity index is 710. The van der Waals surface area contributed by atoms with Crippen LogP contribution in [0.4, 0.5) is 0 Å². The van der Waals surface area contributed by atoms with Crippen LogP contribution in [0.25, 0.3) is 10.1 Å². The van der Waals surface area contributed by atoms with E-state index in [0.29, 0.717) is 0 Å². The van der Waals surface area contributed by atoms with Crippen molar-refractivity contribution in [2.45, 2.75) is 38.8 Å².